The molecule has 0 aliphatic carbocycles. The van der Waals surface area contributed by atoms with Crippen molar-refractivity contribution in [3.05, 3.63) is 0 Å². The van der Waals surface area contributed by atoms with Gasteiger partial charge in [-0.3, -0.25) is 9.59 Å². The Hall–Kier alpha value is -1.06. The number of hydrogen-bond donors (Lipinski definition) is 2. The maximum atomic E-state index is 11.2. The molecule has 0 aromatic carbocycles. The molecule has 118 valence electrons. The van der Waals surface area contributed by atoms with Crippen LogP contribution in [0.4, 0.5) is 0 Å². The molecule has 3 N–H and O–H groups in total. The van der Waals surface area contributed by atoms with E-state index in [1.54, 1.807) is 0 Å². The van der Waals surface area contributed by atoms with Crippen molar-refractivity contribution in [1.82, 2.24) is 0 Å². The fraction of sp³-hybridized carbons (Fsp3) is 0.875. The number of carboxylic acids is 1. The predicted octanol–water partition coefficient (Wildman–Crippen LogP) is 3.87. The molecule has 20 heavy (non-hydrogen) atoms. The maximum Gasteiger partial charge on any atom is 0.318 e. The molecular weight excluding hydrogens is 254 g/mol. The van der Waals surface area contributed by atoms with E-state index in [-0.39, 0.29) is 0 Å². The summed E-state index contributed by atoms with van der Waals surface area (Å²) < 4.78 is 0. The number of nitrogens with two attached hydrogens (primary N) is 1. The van der Waals surface area contributed by atoms with Gasteiger partial charge in [-0.2, -0.15) is 0 Å². The lowest BCUT2D eigenvalue weighted by Crippen LogP contribution is -2.41. The second-order valence-electron chi connectivity index (χ2n) is 5.93. The highest BCUT2D eigenvalue weighted by Gasteiger charge is 2.38. The lowest BCUT2D eigenvalue weighted by atomic mass is 9.84. The minimum absolute atomic E-state index is 0.341. The Balaban J connectivity index is 3.56. The lowest BCUT2D eigenvalue weighted by Gasteiger charge is -2.20. The van der Waals surface area contributed by atoms with Crippen molar-refractivity contribution in [2.75, 3.05) is 0 Å². The van der Waals surface area contributed by atoms with Crippen LogP contribution < -0.4 is 5.73 Å². The van der Waals surface area contributed by atoms with Gasteiger partial charge >= 0.3 is 5.97 Å². The van der Waals surface area contributed by atoms with Crippen molar-refractivity contribution < 1.29 is 14.7 Å². The minimum atomic E-state index is -1.40. The molecule has 0 aromatic heterocycles. The Morgan fingerprint density at radius 2 is 1.30 bits per heavy atom. The SMILES string of the molecule is CCCCCCCCCCCCC(C)(C(N)=O)C(=O)O. The number of carbonyl (C=O) groups is 2. The summed E-state index contributed by atoms with van der Waals surface area (Å²) >= 11 is 0. The summed E-state index contributed by atoms with van der Waals surface area (Å²) in [7, 11) is 0. The number of unbranched alkanes of at least 4 members (excludes halogenated alkanes) is 9. The molecule has 0 saturated heterocycles. The largest absolute Gasteiger partial charge is 0.480 e. The van der Waals surface area contributed by atoms with E-state index in [4.69, 9.17) is 10.8 Å². The first-order valence-corrected chi connectivity index (χ1v) is 7.98. The second-order valence-corrected chi connectivity index (χ2v) is 5.93. The van der Waals surface area contributed by atoms with Crippen LogP contribution in [0, 0.1) is 5.41 Å². The van der Waals surface area contributed by atoms with Gasteiger partial charge in [0.15, 0.2) is 0 Å². The molecular formula is C16H31NO3. The topological polar surface area (TPSA) is 80.4 Å². The molecule has 0 aliphatic heterocycles. The van der Waals surface area contributed by atoms with Gasteiger partial charge in [0.2, 0.25) is 5.91 Å². The first-order chi connectivity index (χ1) is 9.45. The van der Waals surface area contributed by atoms with Crippen LogP contribution in [0.25, 0.3) is 0 Å². The summed E-state index contributed by atoms with van der Waals surface area (Å²) in [6.45, 7) is 3.64. The Kier molecular flexibility index (Phi) is 10.1. The Morgan fingerprint density at radius 3 is 1.65 bits per heavy atom. The number of aliphatic carboxylic acids is 1. The highest BCUT2D eigenvalue weighted by atomic mass is 16.4. The standard InChI is InChI=1S/C16H31NO3/c1-3-4-5-6-7-8-9-10-11-12-13-16(2,14(17)18)15(19)20/h3-13H2,1-2H3,(H2,17,18)(H,19,20). The summed E-state index contributed by atoms with van der Waals surface area (Å²) in [5.41, 5.74) is 3.77. The summed E-state index contributed by atoms with van der Waals surface area (Å²) in [6, 6.07) is 0. The molecule has 0 spiro atoms. The van der Waals surface area contributed by atoms with Gasteiger partial charge in [0, 0.05) is 0 Å². The van der Waals surface area contributed by atoms with Gasteiger partial charge in [-0.15, -0.1) is 0 Å². The number of rotatable bonds is 13. The van der Waals surface area contributed by atoms with Crippen molar-refractivity contribution in [2.24, 2.45) is 11.1 Å². The number of amides is 1. The van der Waals surface area contributed by atoms with Gasteiger partial charge in [0.25, 0.3) is 0 Å². The Bertz CT molecular complexity index is 275. The summed E-state index contributed by atoms with van der Waals surface area (Å²) in [5.74, 6) is -1.85. The van der Waals surface area contributed by atoms with Crippen LogP contribution in [0.2, 0.25) is 0 Å². The average Bonchev–Trinajstić information content (AvgIpc) is 2.40. The van der Waals surface area contributed by atoms with E-state index in [0.29, 0.717) is 6.42 Å². The molecule has 0 fully saturated rings. The van der Waals surface area contributed by atoms with Crippen molar-refractivity contribution in [3.8, 4) is 0 Å². The molecule has 0 heterocycles. The number of primary amides is 1. The average molecular weight is 285 g/mol. The van der Waals surface area contributed by atoms with E-state index in [2.05, 4.69) is 6.92 Å². The normalized spacial score (nSPS) is 13.9. The number of carbonyl (C=O) groups excluding carboxylic acids is 1. The molecule has 1 amide bonds. The van der Waals surface area contributed by atoms with Gasteiger partial charge in [0.05, 0.1) is 0 Å². The fourth-order valence-electron chi connectivity index (χ4n) is 2.30. The van der Waals surface area contributed by atoms with Gasteiger partial charge in [0.1, 0.15) is 5.41 Å². The summed E-state index contributed by atoms with van der Waals surface area (Å²) in [5, 5.41) is 9.05. The van der Waals surface area contributed by atoms with Crippen LogP contribution in [0.5, 0.6) is 0 Å². The molecule has 1 atom stereocenters. The van der Waals surface area contributed by atoms with E-state index in [1.807, 2.05) is 0 Å². The van der Waals surface area contributed by atoms with E-state index < -0.39 is 17.3 Å². The quantitative estimate of drug-likeness (QED) is 0.398. The molecule has 1 unspecified atom stereocenters. The van der Waals surface area contributed by atoms with E-state index in [1.165, 1.54) is 51.9 Å². The van der Waals surface area contributed by atoms with Crippen LogP contribution in [0.3, 0.4) is 0 Å². The van der Waals surface area contributed by atoms with Crippen LogP contribution in [0.1, 0.15) is 84.5 Å². The predicted molar refractivity (Wildman–Crippen MR) is 81.4 cm³/mol. The molecule has 4 heteroatoms. The molecule has 0 bridgehead atoms. The first kappa shape index (κ1) is 18.9. The molecule has 0 rings (SSSR count). The molecule has 0 aliphatic rings. The zero-order valence-corrected chi connectivity index (χ0v) is 13.1. The van der Waals surface area contributed by atoms with Crippen LogP contribution in [-0.2, 0) is 9.59 Å². The van der Waals surface area contributed by atoms with Gasteiger partial charge in [-0.25, -0.2) is 0 Å². The van der Waals surface area contributed by atoms with Crippen LogP contribution >= 0.6 is 0 Å². The smallest absolute Gasteiger partial charge is 0.318 e. The molecule has 0 saturated carbocycles. The van der Waals surface area contributed by atoms with E-state index in [0.717, 1.165) is 19.3 Å². The first-order valence-electron chi connectivity index (χ1n) is 7.98. The Morgan fingerprint density at radius 1 is 0.900 bits per heavy atom. The second kappa shape index (κ2) is 10.7. The highest BCUT2D eigenvalue weighted by Crippen LogP contribution is 2.25. The van der Waals surface area contributed by atoms with Gasteiger partial charge < -0.3 is 10.8 Å². The van der Waals surface area contributed by atoms with E-state index >= 15 is 0 Å². The molecule has 0 aromatic rings. The van der Waals surface area contributed by atoms with Crippen molar-refractivity contribution >= 4 is 11.9 Å². The molecule has 4 nitrogen and oxygen atoms in total. The Labute approximate surface area is 123 Å². The number of carboxylic acid groups (broad SMARTS) is 1. The van der Waals surface area contributed by atoms with E-state index in [9.17, 15) is 9.59 Å². The minimum Gasteiger partial charge on any atom is -0.480 e. The zero-order chi connectivity index (χ0) is 15.4. The zero-order valence-electron chi connectivity index (χ0n) is 13.1. The summed E-state index contributed by atoms with van der Waals surface area (Å²) in [6.07, 6.45) is 12.2. The van der Waals surface area contributed by atoms with Crippen molar-refractivity contribution in [3.63, 3.8) is 0 Å². The molecule has 0 radical (unpaired) electrons. The van der Waals surface area contributed by atoms with Crippen LogP contribution in [0.15, 0.2) is 0 Å². The van der Waals surface area contributed by atoms with Gasteiger partial charge in [-0.1, -0.05) is 71.1 Å². The van der Waals surface area contributed by atoms with Crippen molar-refractivity contribution in [2.45, 2.75) is 84.5 Å². The maximum absolute atomic E-state index is 11.2. The number of hydrogen-bond acceptors (Lipinski definition) is 2. The fourth-order valence-corrected chi connectivity index (χ4v) is 2.30. The third-order valence-corrected chi connectivity index (χ3v) is 4.05. The third kappa shape index (κ3) is 7.51. The highest BCUT2D eigenvalue weighted by molar-refractivity contribution is 6.00. The lowest BCUT2D eigenvalue weighted by molar-refractivity contribution is -0.154. The van der Waals surface area contributed by atoms with Crippen LogP contribution in [-0.4, -0.2) is 17.0 Å². The third-order valence-electron chi connectivity index (χ3n) is 4.05. The van der Waals surface area contributed by atoms with Gasteiger partial charge in [-0.05, 0) is 13.3 Å². The monoisotopic (exact) mass is 285 g/mol. The van der Waals surface area contributed by atoms with Crippen molar-refractivity contribution in [1.29, 1.82) is 0 Å². The summed E-state index contributed by atoms with van der Waals surface area (Å²) in [4.78, 5) is 22.2.